The van der Waals surface area contributed by atoms with Crippen LogP contribution in [-0.2, 0) is 0 Å². The van der Waals surface area contributed by atoms with E-state index in [1.165, 1.54) is 42.7 Å². The molecule has 0 atom stereocenters. The van der Waals surface area contributed by atoms with Crippen molar-refractivity contribution in [1.82, 2.24) is 4.57 Å². The highest BCUT2D eigenvalue weighted by atomic mass is 32.1. The van der Waals surface area contributed by atoms with Gasteiger partial charge in [0.15, 0.2) is 4.80 Å². The molecule has 1 fully saturated rings. The molecule has 1 aromatic heterocycles. The maximum atomic E-state index is 14.6. The average molecular weight is 426 g/mol. The Morgan fingerprint density at radius 1 is 1.00 bits per heavy atom. The fourth-order valence-electron chi connectivity index (χ4n) is 4.13. The maximum absolute atomic E-state index is 14.6. The fourth-order valence-corrected chi connectivity index (χ4v) is 5.10. The van der Waals surface area contributed by atoms with Gasteiger partial charge in [0.2, 0.25) is 0 Å². The summed E-state index contributed by atoms with van der Waals surface area (Å²) in [7, 11) is 0. The number of nitrogens with zero attached hydrogens (tertiary/aromatic N) is 3. The van der Waals surface area contributed by atoms with Gasteiger partial charge < -0.3 is 4.57 Å². The van der Waals surface area contributed by atoms with E-state index in [9.17, 15) is 14.5 Å². The Morgan fingerprint density at radius 3 is 2.40 bits per heavy atom. The molecule has 5 nitrogen and oxygen atoms in total. The first-order chi connectivity index (χ1) is 14.6. The Kier molecular flexibility index (Phi) is 6.38. The van der Waals surface area contributed by atoms with E-state index in [2.05, 4.69) is 9.56 Å². The highest BCUT2D eigenvalue weighted by molar-refractivity contribution is 7.07. The standard InChI is InChI=1S/C23H24FN3O2S/c24-19-13-7-6-12-18(19)22-16-30-23(25-20-14-8-9-15-21(20)27(28)29)26(22)17-10-4-2-1-3-5-11-17/h6-9,12-17H,1-5,10-11H2. The van der Waals surface area contributed by atoms with Crippen molar-refractivity contribution in [3.05, 3.63) is 74.6 Å². The normalized spacial score (nSPS) is 16.2. The van der Waals surface area contributed by atoms with E-state index in [1.807, 2.05) is 11.4 Å². The van der Waals surface area contributed by atoms with Crippen molar-refractivity contribution in [3.8, 4) is 11.3 Å². The summed E-state index contributed by atoms with van der Waals surface area (Å²) in [4.78, 5) is 16.4. The summed E-state index contributed by atoms with van der Waals surface area (Å²) in [6, 6.07) is 13.5. The number of para-hydroxylation sites is 2. The Hall–Kier alpha value is -2.80. The van der Waals surface area contributed by atoms with Crippen molar-refractivity contribution in [1.29, 1.82) is 0 Å². The molecule has 0 aliphatic heterocycles. The zero-order chi connectivity index (χ0) is 20.9. The van der Waals surface area contributed by atoms with Crippen molar-refractivity contribution >= 4 is 22.7 Å². The van der Waals surface area contributed by atoms with Crippen LogP contribution in [0.25, 0.3) is 11.3 Å². The van der Waals surface area contributed by atoms with Crippen LogP contribution in [0.3, 0.4) is 0 Å². The molecule has 0 saturated heterocycles. The minimum atomic E-state index is -0.412. The minimum Gasteiger partial charge on any atom is -0.313 e. The summed E-state index contributed by atoms with van der Waals surface area (Å²) in [5, 5.41) is 13.4. The first-order valence-corrected chi connectivity index (χ1v) is 11.3. The Bertz CT molecular complexity index is 1100. The zero-order valence-corrected chi connectivity index (χ0v) is 17.5. The highest BCUT2D eigenvalue weighted by Gasteiger charge is 2.21. The van der Waals surface area contributed by atoms with Crippen LogP contribution in [0.5, 0.6) is 0 Å². The van der Waals surface area contributed by atoms with Gasteiger partial charge in [0.1, 0.15) is 11.5 Å². The third-order valence-electron chi connectivity index (χ3n) is 5.63. The number of halogens is 1. The van der Waals surface area contributed by atoms with Crippen molar-refractivity contribution in [2.45, 2.75) is 51.0 Å². The van der Waals surface area contributed by atoms with Crippen molar-refractivity contribution in [3.63, 3.8) is 0 Å². The van der Waals surface area contributed by atoms with Crippen LogP contribution in [0.2, 0.25) is 0 Å². The summed E-state index contributed by atoms with van der Waals surface area (Å²) in [5.41, 5.74) is 1.63. The van der Waals surface area contributed by atoms with Gasteiger partial charge in [-0.1, -0.05) is 56.4 Å². The molecule has 0 radical (unpaired) electrons. The van der Waals surface area contributed by atoms with Gasteiger partial charge in [0, 0.05) is 23.1 Å². The summed E-state index contributed by atoms with van der Waals surface area (Å²) >= 11 is 1.41. The highest BCUT2D eigenvalue weighted by Crippen LogP contribution is 2.33. The van der Waals surface area contributed by atoms with E-state index in [0.29, 0.717) is 16.1 Å². The fraction of sp³-hybridized carbons (Fsp3) is 0.348. The lowest BCUT2D eigenvalue weighted by Gasteiger charge is -2.24. The van der Waals surface area contributed by atoms with E-state index in [4.69, 9.17) is 0 Å². The van der Waals surface area contributed by atoms with Crippen LogP contribution < -0.4 is 4.80 Å². The van der Waals surface area contributed by atoms with E-state index < -0.39 is 4.92 Å². The Balaban J connectivity index is 1.89. The number of nitro benzene ring substituents is 1. The third-order valence-corrected chi connectivity index (χ3v) is 6.47. The summed E-state index contributed by atoms with van der Waals surface area (Å²) in [6.45, 7) is 0. The topological polar surface area (TPSA) is 60.4 Å². The molecule has 0 spiro atoms. The lowest BCUT2D eigenvalue weighted by Crippen LogP contribution is -2.23. The van der Waals surface area contributed by atoms with Gasteiger partial charge in [0.05, 0.1) is 10.6 Å². The van der Waals surface area contributed by atoms with Crippen LogP contribution in [0.1, 0.15) is 51.0 Å². The van der Waals surface area contributed by atoms with Crippen LogP contribution in [0.15, 0.2) is 58.9 Å². The van der Waals surface area contributed by atoms with Crippen LogP contribution in [0.4, 0.5) is 15.8 Å². The molecule has 4 rings (SSSR count). The number of nitro groups is 1. The smallest absolute Gasteiger partial charge is 0.294 e. The van der Waals surface area contributed by atoms with E-state index >= 15 is 0 Å². The van der Waals surface area contributed by atoms with E-state index in [1.54, 1.807) is 30.3 Å². The molecular formula is C23H24FN3O2S. The van der Waals surface area contributed by atoms with Crippen LogP contribution >= 0.6 is 11.3 Å². The summed E-state index contributed by atoms with van der Waals surface area (Å²) in [6.07, 6.45) is 7.91. The molecule has 3 aromatic rings. The van der Waals surface area contributed by atoms with Gasteiger partial charge in [0.25, 0.3) is 5.69 Å². The van der Waals surface area contributed by atoms with Gasteiger partial charge in [-0.3, -0.25) is 10.1 Å². The number of benzene rings is 2. The monoisotopic (exact) mass is 425 g/mol. The van der Waals surface area contributed by atoms with Gasteiger partial charge in [-0.15, -0.1) is 11.3 Å². The number of aromatic nitrogens is 1. The Morgan fingerprint density at radius 2 is 1.67 bits per heavy atom. The predicted molar refractivity (Wildman–Crippen MR) is 117 cm³/mol. The number of rotatable bonds is 4. The third kappa shape index (κ3) is 4.36. The minimum absolute atomic E-state index is 0.0254. The summed E-state index contributed by atoms with van der Waals surface area (Å²) in [5.74, 6) is -0.271. The quantitative estimate of drug-likeness (QED) is 0.342. The van der Waals surface area contributed by atoms with Gasteiger partial charge in [-0.05, 0) is 31.0 Å². The Labute approximate surface area is 178 Å². The SMILES string of the molecule is O=[N+]([O-])c1ccccc1N=c1scc(-c2ccccc2F)n1C1CCCCCCC1. The molecule has 7 heteroatoms. The van der Waals surface area contributed by atoms with Crippen molar-refractivity contribution < 1.29 is 9.31 Å². The number of hydrogen-bond acceptors (Lipinski definition) is 4. The number of thiazole rings is 1. The molecule has 1 saturated carbocycles. The second kappa shape index (κ2) is 9.34. The van der Waals surface area contributed by atoms with Gasteiger partial charge >= 0.3 is 0 Å². The second-order valence-electron chi connectivity index (χ2n) is 7.61. The molecule has 1 aliphatic carbocycles. The van der Waals surface area contributed by atoms with Gasteiger partial charge in [-0.25, -0.2) is 9.38 Å². The van der Waals surface area contributed by atoms with Crippen LogP contribution in [-0.4, -0.2) is 9.49 Å². The first kappa shape index (κ1) is 20.5. The van der Waals surface area contributed by atoms with Crippen molar-refractivity contribution in [2.75, 3.05) is 0 Å². The first-order valence-electron chi connectivity index (χ1n) is 10.4. The second-order valence-corrected chi connectivity index (χ2v) is 8.45. The van der Waals surface area contributed by atoms with E-state index in [0.717, 1.165) is 31.4 Å². The molecule has 1 aliphatic rings. The lowest BCUT2D eigenvalue weighted by atomic mass is 9.96. The molecule has 156 valence electrons. The molecule has 0 unspecified atom stereocenters. The molecule has 0 N–H and O–H groups in total. The molecule has 0 bridgehead atoms. The predicted octanol–water partition coefficient (Wildman–Crippen LogP) is 6.78. The zero-order valence-electron chi connectivity index (χ0n) is 16.7. The van der Waals surface area contributed by atoms with Crippen LogP contribution in [0, 0.1) is 15.9 Å². The molecule has 1 heterocycles. The van der Waals surface area contributed by atoms with Gasteiger partial charge in [-0.2, -0.15) is 0 Å². The number of hydrogen-bond donors (Lipinski definition) is 0. The summed E-state index contributed by atoms with van der Waals surface area (Å²) < 4.78 is 16.8. The molecular weight excluding hydrogens is 401 g/mol. The molecule has 2 aromatic carbocycles. The van der Waals surface area contributed by atoms with Crippen molar-refractivity contribution in [2.24, 2.45) is 4.99 Å². The lowest BCUT2D eigenvalue weighted by molar-refractivity contribution is -0.384. The molecule has 0 amide bonds. The average Bonchev–Trinajstić information content (AvgIpc) is 3.11. The maximum Gasteiger partial charge on any atom is 0.294 e. The molecule has 30 heavy (non-hydrogen) atoms. The van der Waals surface area contributed by atoms with E-state index in [-0.39, 0.29) is 17.5 Å². The largest absolute Gasteiger partial charge is 0.313 e.